The Morgan fingerprint density at radius 1 is 0.912 bits per heavy atom. The van der Waals surface area contributed by atoms with Crippen molar-refractivity contribution in [1.29, 1.82) is 0 Å². The van der Waals surface area contributed by atoms with E-state index in [-0.39, 0.29) is 11.8 Å². The van der Waals surface area contributed by atoms with Crippen LogP contribution in [0.2, 0.25) is 0 Å². The number of aromatic nitrogens is 2. The van der Waals surface area contributed by atoms with Gasteiger partial charge in [-0.25, -0.2) is 8.42 Å². The number of anilines is 1. The molecule has 0 saturated carbocycles. The molecule has 34 heavy (non-hydrogen) atoms. The highest BCUT2D eigenvalue weighted by Gasteiger charge is 2.34. The van der Waals surface area contributed by atoms with Gasteiger partial charge in [0.15, 0.2) is 0 Å². The minimum Gasteiger partial charge on any atom is -0.339 e. The Labute approximate surface area is 197 Å². The summed E-state index contributed by atoms with van der Waals surface area (Å²) in [4.78, 5) is 31.0. The number of nitrogens with zero attached hydrogens (tertiary/aromatic N) is 3. The van der Waals surface area contributed by atoms with Crippen LogP contribution in [0.15, 0.2) is 54.7 Å². The lowest BCUT2D eigenvalue weighted by molar-refractivity contribution is 0.0651. The molecule has 3 heterocycles. The second kappa shape index (κ2) is 8.25. The number of aryl methyl sites for hydroxylation is 2. The lowest BCUT2D eigenvalue weighted by atomic mass is 10.1. The van der Waals surface area contributed by atoms with Gasteiger partial charge in [-0.05, 0) is 50.1 Å². The van der Waals surface area contributed by atoms with Crippen molar-refractivity contribution in [3.63, 3.8) is 0 Å². The average molecular weight is 477 g/mol. The summed E-state index contributed by atoms with van der Waals surface area (Å²) in [5, 5.41) is 2.06. The van der Waals surface area contributed by atoms with Crippen molar-refractivity contribution in [1.82, 2.24) is 14.5 Å². The Bertz CT molecular complexity index is 1540. The second-order valence-electron chi connectivity index (χ2n) is 8.56. The first kappa shape index (κ1) is 22.1. The number of carbonyl (C=O) groups is 2. The van der Waals surface area contributed by atoms with Crippen LogP contribution < -0.4 is 4.72 Å². The molecule has 0 spiro atoms. The first-order valence-electron chi connectivity index (χ1n) is 11.1. The van der Waals surface area contributed by atoms with E-state index in [0.717, 1.165) is 40.2 Å². The van der Waals surface area contributed by atoms with E-state index in [4.69, 9.17) is 0 Å². The highest BCUT2D eigenvalue weighted by atomic mass is 32.2. The second-order valence-corrected chi connectivity index (χ2v) is 10.3. The number of fused-ring (bicyclic) bond motifs is 4. The zero-order chi connectivity index (χ0) is 24.0. The zero-order valence-corrected chi connectivity index (χ0v) is 19.7. The number of pyridine rings is 1. The Kier molecular flexibility index (Phi) is 5.36. The number of amides is 2. The van der Waals surface area contributed by atoms with Gasteiger partial charge in [-0.1, -0.05) is 18.2 Å². The standard InChI is InChI=1S/C25H24N4O4S/c1-16-23-19(11-12-26-16)18-10-9-17(27-34(2,32)33)15-22(18)28(23)13-5-6-14-29-24(30)20-7-3-4-8-21(20)25(29)31/h3-4,7-12,15,27H,5-6,13-14H2,1-2H3. The van der Waals surface area contributed by atoms with E-state index >= 15 is 0 Å². The smallest absolute Gasteiger partial charge is 0.261 e. The highest BCUT2D eigenvalue weighted by molar-refractivity contribution is 7.92. The monoisotopic (exact) mass is 476 g/mol. The maximum absolute atomic E-state index is 12.6. The van der Waals surface area contributed by atoms with Crippen LogP contribution in [0.4, 0.5) is 5.69 Å². The minimum absolute atomic E-state index is 0.242. The molecule has 0 aliphatic carbocycles. The summed E-state index contributed by atoms with van der Waals surface area (Å²) in [7, 11) is -3.40. The van der Waals surface area contributed by atoms with E-state index in [1.807, 2.05) is 25.1 Å². The van der Waals surface area contributed by atoms with Crippen molar-refractivity contribution in [2.24, 2.45) is 0 Å². The molecule has 9 heteroatoms. The van der Waals surface area contributed by atoms with Crippen LogP contribution in [-0.4, -0.2) is 47.5 Å². The molecule has 5 rings (SSSR count). The van der Waals surface area contributed by atoms with Crippen LogP contribution in [-0.2, 0) is 16.6 Å². The van der Waals surface area contributed by atoms with E-state index < -0.39 is 10.0 Å². The number of nitrogens with one attached hydrogen (secondary N) is 1. The molecule has 1 aliphatic heterocycles. The van der Waals surface area contributed by atoms with Crippen LogP contribution in [0.5, 0.6) is 0 Å². The first-order valence-corrected chi connectivity index (χ1v) is 12.9. The van der Waals surface area contributed by atoms with Crippen molar-refractivity contribution in [3.05, 3.63) is 71.5 Å². The van der Waals surface area contributed by atoms with Crippen LogP contribution in [0.3, 0.4) is 0 Å². The van der Waals surface area contributed by atoms with Gasteiger partial charge in [0.1, 0.15) is 0 Å². The van der Waals surface area contributed by atoms with Gasteiger partial charge in [0.2, 0.25) is 10.0 Å². The normalized spacial score (nSPS) is 13.8. The summed E-state index contributed by atoms with van der Waals surface area (Å²) >= 11 is 0. The molecule has 0 unspecified atom stereocenters. The molecule has 0 fully saturated rings. The van der Waals surface area contributed by atoms with E-state index in [1.54, 1.807) is 36.5 Å². The maximum atomic E-state index is 12.6. The molecule has 2 amide bonds. The molecule has 4 aromatic rings. The third kappa shape index (κ3) is 3.81. The Balaban J connectivity index is 1.40. The fraction of sp³-hybridized carbons (Fsp3) is 0.240. The van der Waals surface area contributed by atoms with Crippen molar-refractivity contribution in [2.75, 3.05) is 17.5 Å². The molecule has 2 aromatic heterocycles. The Morgan fingerprint density at radius 2 is 1.59 bits per heavy atom. The molecule has 1 N–H and O–H groups in total. The van der Waals surface area contributed by atoms with Gasteiger partial charge in [-0.2, -0.15) is 0 Å². The summed E-state index contributed by atoms with van der Waals surface area (Å²) in [5.74, 6) is -0.483. The molecule has 0 bridgehead atoms. The molecule has 0 radical (unpaired) electrons. The Morgan fingerprint density at radius 3 is 2.26 bits per heavy atom. The van der Waals surface area contributed by atoms with Gasteiger partial charge in [-0.3, -0.25) is 24.2 Å². The topological polar surface area (TPSA) is 101 Å². The number of imide groups is 1. The summed E-state index contributed by atoms with van der Waals surface area (Å²) in [6, 6.07) is 14.4. The summed E-state index contributed by atoms with van der Waals surface area (Å²) in [5.41, 5.74) is 4.20. The zero-order valence-electron chi connectivity index (χ0n) is 18.9. The predicted molar refractivity (Wildman–Crippen MR) is 131 cm³/mol. The van der Waals surface area contributed by atoms with Gasteiger partial charge in [0, 0.05) is 30.1 Å². The lowest BCUT2D eigenvalue weighted by Crippen LogP contribution is -2.30. The lowest BCUT2D eigenvalue weighted by Gasteiger charge is -2.14. The van der Waals surface area contributed by atoms with E-state index in [2.05, 4.69) is 14.3 Å². The van der Waals surface area contributed by atoms with Crippen LogP contribution in [0.25, 0.3) is 21.8 Å². The number of carbonyl (C=O) groups excluding carboxylic acids is 2. The van der Waals surface area contributed by atoms with Crippen LogP contribution >= 0.6 is 0 Å². The molecule has 0 atom stereocenters. The number of sulfonamides is 1. The van der Waals surface area contributed by atoms with Crippen molar-refractivity contribution >= 4 is 49.3 Å². The number of hydrogen-bond acceptors (Lipinski definition) is 5. The number of hydrogen-bond donors (Lipinski definition) is 1. The van der Waals surface area contributed by atoms with Crippen molar-refractivity contribution in [3.8, 4) is 0 Å². The van der Waals surface area contributed by atoms with Gasteiger partial charge in [0.05, 0.1) is 39.8 Å². The first-order chi connectivity index (χ1) is 16.2. The minimum atomic E-state index is -3.40. The highest BCUT2D eigenvalue weighted by Crippen LogP contribution is 2.32. The third-order valence-corrected chi connectivity index (χ3v) is 6.76. The summed E-state index contributed by atoms with van der Waals surface area (Å²) < 4.78 is 28.1. The van der Waals surface area contributed by atoms with Crippen molar-refractivity contribution < 1.29 is 18.0 Å². The fourth-order valence-electron chi connectivity index (χ4n) is 4.71. The fourth-order valence-corrected chi connectivity index (χ4v) is 5.27. The molecule has 174 valence electrons. The number of unbranched alkanes of at least 4 members (excludes halogenated alkanes) is 1. The van der Waals surface area contributed by atoms with E-state index in [9.17, 15) is 18.0 Å². The molecule has 0 saturated heterocycles. The molecule has 1 aliphatic rings. The van der Waals surface area contributed by atoms with Crippen molar-refractivity contribution in [2.45, 2.75) is 26.3 Å². The molecule has 2 aromatic carbocycles. The molecular weight excluding hydrogens is 452 g/mol. The van der Waals surface area contributed by atoms with Crippen LogP contribution in [0.1, 0.15) is 39.3 Å². The predicted octanol–water partition coefficient (Wildman–Crippen LogP) is 3.95. The molecular formula is C25H24N4O4S. The summed E-state index contributed by atoms with van der Waals surface area (Å²) in [6.45, 7) is 2.94. The SMILES string of the molecule is Cc1nccc2c3ccc(NS(C)(=O)=O)cc3n(CCCCN3C(=O)c4ccccc4C3=O)c12. The van der Waals surface area contributed by atoms with Gasteiger partial charge in [-0.15, -0.1) is 0 Å². The average Bonchev–Trinajstić information content (AvgIpc) is 3.23. The largest absolute Gasteiger partial charge is 0.339 e. The van der Waals surface area contributed by atoms with Gasteiger partial charge >= 0.3 is 0 Å². The summed E-state index contributed by atoms with van der Waals surface area (Å²) in [6.07, 6.45) is 4.27. The molecule has 8 nitrogen and oxygen atoms in total. The van der Waals surface area contributed by atoms with E-state index in [0.29, 0.717) is 36.3 Å². The van der Waals surface area contributed by atoms with E-state index in [1.165, 1.54) is 4.90 Å². The Hall–Kier alpha value is -3.72. The van der Waals surface area contributed by atoms with Gasteiger partial charge in [0.25, 0.3) is 11.8 Å². The van der Waals surface area contributed by atoms with Crippen LogP contribution in [0, 0.1) is 6.92 Å². The number of benzene rings is 2. The maximum Gasteiger partial charge on any atom is 0.261 e. The number of rotatable bonds is 7. The third-order valence-electron chi connectivity index (χ3n) is 6.15. The van der Waals surface area contributed by atoms with Gasteiger partial charge < -0.3 is 4.57 Å². The quantitative estimate of drug-likeness (QED) is 0.322.